The Labute approximate surface area is 179 Å². The topological polar surface area (TPSA) is 76.7 Å². The zero-order valence-electron chi connectivity index (χ0n) is 17.1. The maximum absolute atomic E-state index is 12.8. The Morgan fingerprint density at radius 1 is 1.10 bits per heavy atom. The molecule has 7 rings (SSSR count). The van der Waals surface area contributed by atoms with E-state index in [1.807, 2.05) is 0 Å². The Kier molecular flexibility index (Phi) is 4.50. The summed E-state index contributed by atoms with van der Waals surface area (Å²) in [4.78, 5) is 13.8. The number of nitrogen functional groups attached to an aromatic ring is 1. The lowest BCUT2D eigenvalue weighted by molar-refractivity contribution is -0.0906. The molecule has 0 spiro atoms. The molecule has 2 N–H and O–H groups in total. The highest BCUT2D eigenvalue weighted by molar-refractivity contribution is 5.67. The highest BCUT2D eigenvalue weighted by Gasteiger charge is 2.44. The van der Waals surface area contributed by atoms with Crippen molar-refractivity contribution in [3.63, 3.8) is 0 Å². The first-order valence-electron chi connectivity index (χ1n) is 10.8. The highest BCUT2D eigenvalue weighted by Crippen LogP contribution is 2.44. The number of fused-ring (bicyclic) bond motifs is 1. The van der Waals surface area contributed by atoms with Gasteiger partial charge in [0, 0.05) is 43.4 Å². The second kappa shape index (κ2) is 7.27. The smallest absolute Gasteiger partial charge is 0.387 e. The maximum atomic E-state index is 12.8. The van der Waals surface area contributed by atoms with Crippen molar-refractivity contribution in [2.75, 3.05) is 43.5 Å². The predicted molar refractivity (Wildman–Crippen MR) is 111 cm³/mol. The number of aromatic nitrogens is 2. The van der Waals surface area contributed by atoms with Crippen LogP contribution in [0.1, 0.15) is 24.3 Å². The van der Waals surface area contributed by atoms with Crippen LogP contribution in [0.2, 0.25) is 0 Å². The third-order valence-electron chi connectivity index (χ3n) is 7.15. The molecule has 1 saturated carbocycles. The van der Waals surface area contributed by atoms with Gasteiger partial charge >= 0.3 is 6.61 Å². The van der Waals surface area contributed by atoms with Crippen LogP contribution in [0, 0.1) is 5.92 Å². The van der Waals surface area contributed by atoms with Crippen LogP contribution in [-0.2, 0) is 4.74 Å². The molecule has 7 nitrogen and oxygen atoms in total. The standard InChI is InChI=1S/C22H25F2N5O2/c23-22(24)31-19-4-14(6-26-21(19)25)18-3-13(15-8-28(9-15)17-10-30-11-17)5-20(27-18)29-7-12-1-16(29)2-12/h3-6,12,15-17,22H,1-2,7-11H2,(H2,25,26). The number of halogens is 2. The van der Waals surface area contributed by atoms with Gasteiger partial charge in [-0.15, -0.1) is 0 Å². The molecule has 2 bridgehead atoms. The maximum Gasteiger partial charge on any atom is 0.387 e. The first-order valence-corrected chi connectivity index (χ1v) is 10.8. The minimum absolute atomic E-state index is 0.0573. The molecule has 31 heavy (non-hydrogen) atoms. The zero-order valence-corrected chi connectivity index (χ0v) is 17.1. The van der Waals surface area contributed by atoms with E-state index in [0.717, 1.165) is 44.6 Å². The Balaban J connectivity index is 1.33. The molecule has 0 unspecified atom stereocenters. The van der Waals surface area contributed by atoms with E-state index < -0.39 is 6.61 Å². The molecule has 4 saturated heterocycles. The van der Waals surface area contributed by atoms with E-state index in [-0.39, 0.29) is 11.6 Å². The van der Waals surface area contributed by atoms with Crippen LogP contribution in [-0.4, -0.2) is 66.4 Å². The molecular weight excluding hydrogens is 404 g/mol. The van der Waals surface area contributed by atoms with Crippen LogP contribution < -0.4 is 15.4 Å². The lowest BCUT2D eigenvalue weighted by Gasteiger charge is -2.47. The summed E-state index contributed by atoms with van der Waals surface area (Å²) in [6, 6.07) is 6.88. The molecule has 6 heterocycles. The van der Waals surface area contributed by atoms with Gasteiger partial charge in [0.1, 0.15) is 5.82 Å². The van der Waals surface area contributed by atoms with E-state index in [2.05, 4.69) is 31.7 Å². The van der Waals surface area contributed by atoms with Gasteiger partial charge in [0.25, 0.3) is 0 Å². The number of nitrogens with zero attached hydrogens (tertiary/aromatic N) is 4. The molecule has 1 aliphatic carbocycles. The Morgan fingerprint density at radius 2 is 1.90 bits per heavy atom. The minimum atomic E-state index is -2.96. The number of anilines is 2. The highest BCUT2D eigenvalue weighted by atomic mass is 19.3. The summed E-state index contributed by atoms with van der Waals surface area (Å²) in [7, 11) is 0. The molecule has 0 atom stereocenters. The van der Waals surface area contributed by atoms with E-state index in [1.165, 1.54) is 24.5 Å². The number of hydrogen-bond acceptors (Lipinski definition) is 7. The largest absolute Gasteiger partial charge is 0.431 e. The number of ether oxygens (including phenoxy) is 2. The van der Waals surface area contributed by atoms with Gasteiger partial charge < -0.3 is 20.1 Å². The van der Waals surface area contributed by atoms with Gasteiger partial charge in [-0.2, -0.15) is 8.78 Å². The summed E-state index contributed by atoms with van der Waals surface area (Å²) in [5, 5.41) is 0. The predicted octanol–water partition coefficient (Wildman–Crippen LogP) is 2.72. The Bertz CT molecular complexity index is 990. The van der Waals surface area contributed by atoms with Crippen molar-refractivity contribution in [3.8, 4) is 17.0 Å². The lowest BCUT2D eigenvalue weighted by Crippen LogP contribution is -2.58. The van der Waals surface area contributed by atoms with E-state index in [1.54, 1.807) is 6.20 Å². The number of alkyl halides is 2. The molecular formula is C22H25F2N5O2. The fourth-order valence-electron chi connectivity index (χ4n) is 5.12. The fourth-order valence-corrected chi connectivity index (χ4v) is 5.12. The molecule has 0 amide bonds. The van der Waals surface area contributed by atoms with Crippen molar-refractivity contribution in [3.05, 3.63) is 30.0 Å². The quantitative estimate of drug-likeness (QED) is 0.757. The van der Waals surface area contributed by atoms with Gasteiger partial charge in [0.15, 0.2) is 11.6 Å². The van der Waals surface area contributed by atoms with Crippen molar-refractivity contribution in [1.29, 1.82) is 0 Å². The van der Waals surface area contributed by atoms with Gasteiger partial charge in [-0.3, -0.25) is 4.90 Å². The number of nitrogens with two attached hydrogens (primary N) is 1. The van der Waals surface area contributed by atoms with Crippen molar-refractivity contribution in [2.24, 2.45) is 5.92 Å². The number of pyridine rings is 2. The summed E-state index contributed by atoms with van der Waals surface area (Å²) in [5.41, 5.74) is 8.30. The molecule has 2 aromatic heterocycles. The van der Waals surface area contributed by atoms with Crippen LogP contribution in [0.3, 0.4) is 0 Å². The average Bonchev–Trinajstić information content (AvgIpc) is 3.25. The fraction of sp³-hybridized carbons (Fsp3) is 0.545. The second-order valence-corrected chi connectivity index (χ2v) is 9.12. The van der Waals surface area contributed by atoms with Crippen molar-refractivity contribution >= 4 is 11.6 Å². The Morgan fingerprint density at radius 3 is 2.55 bits per heavy atom. The van der Waals surface area contributed by atoms with Crippen LogP contribution >= 0.6 is 0 Å². The summed E-state index contributed by atoms with van der Waals surface area (Å²) in [5.74, 6) is 1.98. The summed E-state index contributed by atoms with van der Waals surface area (Å²) < 4.78 is 35.4. The molecule has 0 aromatic carbocycles. The van der Waals surface area contributed by atoms with Gasteiger partial charge in [0.2, 0.25) is 0 Å². The average molecular weight is 429 g/mol. The third-order valence-corrected chi connectivity index (χ3v) is 7.15. The summed E-state index contributed by atoms with van der Waals surface area (Å²) >= 11 is 0. The van der Waals surface area contributed by atoms with Crippen molar-refractivity contribution in [2.45, 2.75) is 37.5 Å². The van der Waals surface area contributed by atoms with Crippen LogP contribution in [0.15, 0.2) is 24.4 Å². The minimum Gasteiger partial charge on any atom is -0.431 e. The number of hydrogen-bond donors (Lipinski definition) is 1. The number of rotatable bonds is 6. The van der Waals surface area contributed by atoms with E-state index in [0.29, 0.717) is 29.3 Å². The summed E-state index contributed by atoms with van der Waals surface area (Å²) in [6.07, 6.45) is 4.04. The van der Waals surface area contributed by atoms with Crippen LogP contribution in [0.5, 0.6) is 5.75 Å². The van der Waals surface area contributed by atoms with E-state index in [4.69, 9.17) is 15.5 Å². The normalized spacial score (nSPS) is 26.0. The molecule has 5 aliphatic rings. The first kappa shape index (κ1) is 19.2. The van der Waals surface area contributed by atoms with Crippen LogP contribution in [0.4, 0.5) is 20.4 Å². The second-order valence-electron chi connectivity index (χ2n) is 9.12. The molecule has 2 aromatic rings. The van der Waals surface area contributed by atoms with E-state index >= 15 is 0 Å². The first-order chi connectivity index (χ1) is 15.0. The molecule has 164 valence electrons. The Hall–Kier alpha value is -2.52. The molecule has 0 radical (unpaired) electrons. The molecule has 9 heteroatoms. The van der Waals surface area contributed by atoms with Crippen molar-refractivity contribution in [1.82, 2.24) is 14.9 Å². The third kappa shape index (κ3) is 3.40. The zero-order chi connectivity index (χ0) is 21.1. The van der Waals surface area contributed by atoms with Crippen LogP contribution in [0.25, 0.3) is 11.3 Å². The van der Waals surface area contributed by atoms with Gasteiger partial charge in [-0.1, -0.05) is 0 Å². The summed E-state index contributed by atoms with van der Waals surface area (Å²) in [6.45, 7) is 1.73. The van der Waals surface area contributed by atoms with Gasteiger partial charge in [-0.25, -0.2) is 9.97 Å². The van der Waals surface area contributed by atoms with Crippen molar-refractivity contribution < 1.29 is 18.3 Å². The van der Waals surface area contributed by atoms with Gasteiger partial charge in [0.05, 0.1) is 24.9 Å². The molecule has 5 fully saturated rings. The lowest BCUT2D eigenvalue weighted by atomic mass is 9.86. The monoisotopic (exact) mass is 429 g/mol. The number of likely N-dealkylation sites (tertiary alicyclic amines) is 1. The molecule has 4 aliphatic heterocycles. The SMILES string of the molecule is Nc1ncc(-c2cc(C3CN(C4COC4)C3)cc(N3CC4CC3C4)n2)cc1OC(F)F. The van der Waals surface area contributed by atoms with Gasteiger partial charge in [-0.05, 0) is 42.5 Å². The van der Waals surface area contributed by atoms with E-state index in [9.17, 15) is 8.78 Å².